The lowest BCUT2D eigenvalue weighted by Crippen LogP contribution is -2.29. The number of aromatic amines is 2. The van der Waals surface area contributed by atoms with Crippen LogP contribution in [0.3, 0.4) is 0 Å². The number of rotatable bonds is 3. The molecule has 0 spiro atoms. The maximum Gasteiger partial charge on any atom is 0.329 e. The lowest BCUT2D eigenvalue weighted by molar-refractivity contribution is 0.0973. The third-order valence-corrected chi connectivity index (χ3v) is 4.08. The van der Waals surface area contributed by atoms with Crippen LogP contribution in [0.1, 0.15) is 10.4 Å². The lowest BCUT2D eigenvalue weighted by atomic mass is 10.1. The molecule has 0 fully saturated rings. The molecule has 2 heterocycles. The van der Waals surface area contributed by atoms with Crippen LogP contribution in [-0.4, -0.2) is 24.9 Å². The predicted molar refractivity (Wildman–Crippen MR) is 88.8 cm³/mol. The summed E-state index contributed by atoms with van der Waals surface area (Å²) in [7, 11) is 1.50. The predicted octanol–water partition coefficient (Wildman–Crippen LogP) is 1.62. The highest BCUT2D eigenvalue weighted by Gasteiger charge is 2.15. The Morgan fingerprint density at radius 3 is 2.52 bits per heavy atom. The first kappa shape index (κ1) is 15.4. The van der Waals surface area contributed by atoms with Crippen molar-refractivity contribution in [1.82, 2.24) is 19.1 Å². The molecule has 0 saturated heterocycles. The van der Waals surface area contributed by atoms with Crippen LogP contribution in [0, 0.1) is 4.77 Å². The van der Waals surface area contributed by atoms with Gasteiger partial charge in [0.05, 0.1) is 6.54 Å². The Kier molecular flexibility index (Phi) is 3.78. The van der Waals surface area contributed by atoms with E-state index in [2.05, 4.69) is 9.97 Å². The molecule has 0 bridgehead atoms. The summed E-state index contributed by atoms with van der Waals surface area (Å²) in [5.74, 6) is -0.230. The first-order valence-electron chi connectivity index (χ1n) is 6.59. The molecule has 0 aliphatic heterocycles. The Labute approximate surface area is 139 Å². The molecule has 3 rings (SSSR count). The first-order chi connectivity index (χ1) is 10.9. The number of hydrogen-bond acceptors (Lipinski definition) is 4. The molecular weight excluding hydrogens is 340 g/mol. The van der Waals surface area contributed by atoms with Crippen molar-refractivity contribution in [3.63, 3.8) is 0 Å². The zero-order valence-corrected chi connectivity index (χ0v) is 13.5. The molecule has 0 atom stereocenters. The van der Waals surface area contributed by atoms with Gasteiger partial charge in [0, 0.05) is 17.6 Å². The highest BCUT2D eigenvalue weighted by Crippen LogP contribution is 2.13. The van der Waals surface area contributed by atoms with Crippen molar-refractivity contribution < 1.29 is 4.79 Å². The lowest BCUT2D eigenvalue weighted by Gasteiger charge is -2.04. The van der Waals surface area contributed by atoms with Gasteiger partial charge in [0.2, 0.25) is 0 Å². The monoisotopic (exact) mass is 350 g/mol. The molecular formula is C14H11ClN4O3S. The number of halogens is 1. The summed E-state index contributed by atoms with van der Waals surface area (Å²) in [5, 5.41) is 0.525. The van der Waals surface area contributed by atoms with Crippen LogP contribution in [0.25, 0.3) is 11.2 Å². The standard InChI is InChI=1S/C14H11ClN4O3S/c1-18-11-10(12(21)17-13(18)22)19(14(23)16-11)6-9(20)7-2-4-8(15)5-3-7/h2-5H,6H2,1H3,(H,16,23)(H,17,21,22). The molecule has 0 amide bonds. The van der Waals surface area contributed by atoms with Gasteiger partial charge in [0.1, 0.15) is 5.65 Å². The van der Waals surface area contributed by atoms with Gasteiger partial charge in [-0.15, -0.1) is 0 Å². The number of benzene rings is 1. The molecule has 0 unspecified atom stereocenters. The zero-order chi connectivity index (χ0) is 16.7. The molecule has 2 aromatic heterocycles. The summed E-state index contributed by atoms with van der Waals surface area (Å²) in [6.45, 7) is -0.123. The zero-order valence-electron chi connectivity index (χ0n) is 11.9. The maximum absolute atomic E-state index is 12.4. The van der Waals surface area contributed by atoms with Crippen LogP contribution in [-0.2, 0) is 13.6 Å². The first-order valence-corrected chi connectivity index (χ1v) is 7.37. The molecule has 2 N–H and O–H groups in total. The Bertz CT molecular complexity index is 1090. The van der Waals surface area contributed by atoms with Crippen molar-refractivity contribution in [2.75, 3.05) is 0 Å². The molecule has 23 heavy (non-hydrogen) atoms. The second kappa shape index (κ2) is 5.64. The molecule has 3 aromatic rings. The Hall–Kier alpha value is -2.45. The van der Waals surface area contributed by atoms with Gasteiger partial charge in [-0.2, -0.15) is 0 Å². The molecule has 0 saturated carbocycles. The number of nitrogens with one attached hydrogen (secondary N) is 2. The fourth-order valence-electron chi connectivity index (χ4n) is 2.29. The van der Waals surface area contributed by atoms with E-state index in [-0.39, 0.29) is 28.3 Å². The van der Waals surface area contributed by atoms with Crippen LogP contribution >= 0.6 is 23.8 Å². The average molecular weight is 351 g/mol. The van der Waals surface area contributed by atoms with E-state index in [0.29, 0.717) is 10.6 Å². The Morgan fingerprint density at radius 1 is 1.22 bits per heavy atom. The van der Waals surface area contributed by atoms with E-state index in [1.54, 1.807) is 24.3 Å². The van der Waals surface area contributed by atoms with Gasteiger partial charge in [0.25, 0.3) is 5.56 Å². The molecule has 0 aliphatic carbocycles. The number of aromatic nitrogens is 4. The van der Waals surface area contributed by atoms with Crippen LogP contribution < -0.4 is 11.2 Å². The fraction of sp³-hybridized carbons (Fsp3) is 0.143. The third kappa shape index (κ3) is 2.66. The smallest absolute Gasteiger partial charge is 0.316 e. The largest absolute Gasteiger partial charge is 0.329 e. The molecule has 0 aliphatic rings. The van der Waals surface area contributed by atoms with E-state index in [4.69, 9.17) is 23.8 Å². The van der Waals surface area contributed by atoms with Gasteiger partial charge in [-0.1, -0.05) is 11.6 Å². The van der Waals surface area contributed by atoms with Crippen molar-refractivity contribution in [2.24, 2.45) is 7.05 Å². The van der Waals surface area contributed by atoms with E-state index in [0.717, 1.165) is 0 Å². The fourth-order valence-corrected chi connectivity index (χ4v) is 2.67. The maximum atomic E-state index is 12.4. The number of H-pyrrole nitrogens is 2. The summed E-state index contributed by atoms with van der Waals surface area (Å²) < 4.78 is 2.80. The number of Topliss-reactive ketones (excluding diaryl/α,β-unsaturated/α-hetero) is 1. The molecule has 9 heteroatoms. The summed E-state index contributed by atoms with van der Waals surface area (Å²) in [6, 6.07) is 6.42. The van der Waals surface area contributed by atoms with Gasteiger partial charge in [-0.25, -0.2) is 4.79 Å². The van der Waals surface area contributed by atoms with E-state index >= 15 is 0 Å². The molecule has 0 radical (unpaired) electrons. The number of carbonyl (C=O) groups is 1. The normalized spacial score (nSPS) is 11.0. The van der Waals surface area contributed by atoms with Gasteiger partial charge in [-0.3, -0.25) is 19.1 Å². The van der Waals surface area contributed by atoms with Crippen molar-refractivity contribution in [3.8, 4) is 0 Å². The number of fused-ring (bicyclic) bond motifs is 1. The third-order valence-electron chi connectivity index (χ3n) is 3.51. The summed E-state index contributed by atoms with van der Waals surface area (Å²) in [6.07, 6.45) is 0. The number of ketones is 1. The quantitative estimate of drug-likeness (QED) is 0.554. The van der Waals surface area contributed by atoms with Gasteiger partial charge in [-0.05, 0) is 36.5 Å². The van der Waals surface area contributed by atoms with E-state index in [1.807, 2.05) is 0 Å². The Balaban J connectivity index is 2.12. The summed E-state index contributed by atoms with van der Waals surface area (Å²) in [4.78, 5) is 41.0. The SMILES string of the molecule is Cn1c(=O)[nH]c(=O)c2c1[nH]c(=S)n2CC(=O)c1ccc(Cl)cc1. The number of carbonyl (C=O) groups excluding carboxylic acids is 1. The second-order valence-corrected chi connectivity index (χ2v) is 5.79. The van der Waals surface area contributed by atoms with Gasteiger partial charge < -0.3 is 9.55 Å². The minimum atomic E-state index is -0.598. The average Bonchev–Trinajstić information content (AvgIpc) is 2.83. The molecule has 118 valence electrons. The topological polar surface area (TPSA) is 92.7 Å². The van der Waals surface area contributed by atoms with Crippen molar-refractivity contribution in [3.05, 3.63) is 60.5 Å². The number of aryl methyl sites for hydroxylation is 1. The molecule has 1 aromatic carbocycles. The van der Waals surface area contributed by atoms with Crippen molar-refractivity contribution in [1.29, 1.82) is 0 Å². The number of nitrogens with zero attached hydrogens (tertiary/aromatic N) is 2. The van der Waals surface area contributed by atoms with Crippen LogP contribution in [0.4, 0.5) is 0 Å². The number of hydrogen-bond donors (Lipinski definition) is 2. The van der Waals surface area contributed by atoms with Crippen LogP contribution in [0.2, 0.25) is 5.02 Å². The minimum Gasteiger partial charge on any atom is -0.316 e. The highest BCUT2D eigenvalue weighted by molar-refractivity contribution is 7.71. The summed E-state index contributed by atoms with van der Waals surface area (Å²) in [5.41, 5.74) is -0.284. The van der Waals surface area contributed by atoms with Crippen LogP contribution in [0.15, 0.2) is 33.9 Å². The van der Waals surface area contributed by atoms with Crippen LogP contribution in [0.5, 0.6) is 0 Å². The van der Waals surface area contributed by atoms with Crippen molar-refractivity contribution >= 4 is 40.8 Å². The highest BCUT2D eigenvalue weighted by atomic mass is 35.5. The van der Waals surface area contributed by atoms with Gasteiger partial charge in [0.15, 0.2) is 16.1 Å². The van der Waals surface area contributed by atoms with E-state index in [9.17, 15) is 14.4 Å². The van der Waals surface area contributed by atoms with Crippen molar-refractivity contribution in [2.45, 2.75) is 6.54 Å². The molecule has 7 nitrogen and oxygen atoms in total. The van der Waals surface area contributed by atoms with E-state index < -0.39 is 11.2 Å². The summed E-state index contributed by atoms with van der Waals surface area (Å²) >= 11 is 11.0. The minimum absolute atomic E-state index is 0.123. The van der Waals surface area contributed by atoms with E-state index in [1.165, 1.54) is 16.2 Å². The number of imidazole rings is 1. The Morgan fingerprint density at radius 2 is 1.87 bits per heavy atom. The second-order valence-electron chi connectivity index (χ2n) is 4.96. The van der Waals surface area contributed by atoms with Gasteiger partial charge >= 0.3 is 5.69 Å².